The summed E-state index contributed by atoms with van der Waals surface area (Å²) in [4.78, 5) is 0.371. The Morgan fingerprint density at radius 2 is 1.93 bits per heavy atom. The summed E-state index contributed by atoms with van der Waals surface area (Å²) in [7, 11) is -3.46. The van der Waals surface area contributed by atoms with Crippen molar-refractivity contribution in [1.29, 1.82) is 0 Å². The second-order valence-electron chi connectivity index (χ2n) is 8.07. The zero-order chi connectivity index (χ0) is 20.7. The summed E-state index contributed by atoms with van der Waals surface area (Å²) in [6.45, 7) is 3.36. The van der Waals surface area contributed by atoms with Gasteiger partial charge in [0.05, 0.1) is 11.1 Å². The summed E-state index contributed by atoms with van der Waals surface area (Å²) in [6, 6.07) is 17.2. The van der Waals surface area contributed by atoms with E-state index in [4.69, 9.17) is 0 Å². The van der Waals surface area contributed by atoms with Crippen LogP contribution in [0.1, 0.15) is 13.3 Å². The molecular formula is C23H24N4O2S. The van der Waals surface area contributed by atoms with E-state index in [1.54, 1.807) is 28.6 Å². The van der Waals surface area contributed by atoms with Crippen molar-refractivity contribution in [1.82, 2.24) is 19.1 Å². The van der Waals surface area contributed by atoms with E-state index in [1.807, 2.05) is 25.4 Å². The molecule has 6 nitrogen and oxygen atoms in total. The zero-order valence-electron chi connectivity index (χ0n) is 16.8. The van der Waals surface area contributed by atoms with E-state index < -0.39 is 10.0 Å². The van der Waals surface area contributed by atoms with Gasteiger partial charge in [0.1, 0.15) is 0 Å². The molecule has 0 saturated carbocycles. The summed E-state index contributed by atoms with van der Waals surface area (Å²) in [5, 5.41) is 8.05. The molecule has 1 fully saturated rings. The summed E-state index contributed by atoms with van der Waals surface area (Å²) >= 11 is 0. The van der Waals surface area contributed by atoms with Crippen molar-refractivity contribution in [2.75, 3.05) is 6.54 Å². The highest BCUT2D eigenvalue weighted by Gasteiger charge is 2.37. The van der Waals surface area contributed by atoms with Crippen molar-refractivity contribution in [3.63, 3.8) is 0 Å². The van der Waals surface area contributed by atoms with Crippen LogP contribution in [0.5, 0.6) is 0 Å². The lowest BCUT2D eigenvalue weighted by molar-refractivity contribution is 0.400. The Morgan fingerprint density at radius 3 is 2.70 bits per heavy atom. The molecule has 3 heterocycles. The third-order valence-corrected chi connectivity index (χ3v) is 8.01. The standard InChI is InChI=1S/C23H24N4O2S/c1-17-11-18(16-27(17)30(28,29)22-5-3-2-4-6-22)15-26-10-9-20-12-19(7-8-23(20)26)21-13-24-25-14-21/h2-10,12-14,17-18H,11,15-16H2,1H3,(H,24,25)/t17-,18+/m0/s1. The summed E-state index contributed by atoms with van der Waals surface area (Å²) in [5.74, 6) is 0.280. The van der Waals surface area contributed by atoms with Crippen molar-refractivity contribution in [2.45, 2.75) is 30.8 Å². The number of nitrogens with one attached hydrogen (secondary N) is 1. The van der Waals surface area contributed by atoms with Crippen molar-refractivity contribution in [3.8, 4) is 11.1 Å². The van der Waals surface area contributed by atoms with Gasteiger partial charge in [0, 0.05) is 48.0 Å². The molecule has 4 aromatic rings. The Labute approximate surface area is 176 Å². The van der Waals surface area contributed by atoms with Crippen LogP contribution < -0.4 is 0 Å². The molecule has 7 heteroatoms. The molecule has 0 unspecified atom stereocenters. The maximum absolute atomic E-state index is 13.1. The number of H-pyrrole nitrogens is 1. The average Bonchev–Trinajstić information content (AvgIpc) is 3.49. The minimum absolute atomic E-state index is 0.00488. The molecule has 1 saturated heterocycles. The van der Waals surface area contributed by atoms with E-state index in [0.29, 0.717) is 11.4 Å². The lowest BCUT2D eigenvalue weighted by Crippen LogP contribution is -2.34. The van der Waals surface area contributed by atoms with Gasteiger partial charge in [-0.2, -0.15) is 9.40 Å². The number of benzene rings is 2. The van der Waals surface area contributed by atoms with Gasteiger partial charge in [-0.3, -0.25) is 5.10 Å². The van der Waals surface area contributed by atoms with Crippen molar-refractivity contribution >= 4 is 20.9 Å². The Kier molecular flexibility index (Phi) is 4.72. The van der Waals surface area contributed by atoms with E-state index in [2.05, 4.69) is 45.2 Å². The Balaban J connectivity index is 1.36. The average molecular weight is 421 g/mol. The predicted octanol–water partition coefficient (Wildman–Crippen LogP) is 4.13. The summed E-state index contributed by atoms with van der Waals surface area (Å²) < 4.78 is 30.0. The van der Waals surface area contributed by atoms with Gasteiger partial charge in [0.25, 0.3) is 0 Å². The van der Waals surface area contributed by atoms with Crippen LogP contribution in [0.2, 0.25) is 0 Å². The Bertz CT molecular complexity index is 1260. The first-order valence-corrected chi connectivity index (χ1v) is 11.6. The normalized spacial score (nSPS) is 20.2. The molecule has 1 N–H and O–H groups in total. The smallest absolute Gasteiger partial charge is 0.243 e. The van der Waals surface area contributed by atoms with Crippen molar-refractivity contribution in [2.24, 2.45) is 5.92 Å². The minimum Gasteiger partial charge on any atom is -0.347 e. The van der Waals surface area contributed by atoms with Crippen LogP contribution in [-0.2, 0) is 16.6 Å². The highest BCUT2D eigenvalue weighted by Crippen LogP contribution is 2.32. The van der Waals surface area contributed by atoms with Crippen LogP contribution in [0.15, 0.2) is 78.1 Å². The first-order valence-electron chi connectivity index (χ1n) is 10.2. The van der Waals surface area contributed by atoms with E-state index in [-0.39, 0.29) is 12.0 Å². The van der Waals surface area contributed by atoms with Crippen LogP contribution in [0.3, 0.4) is 0 Å². The van der Waals surface area contributed by atoms with E-state index in [0.717, 1.165) is 24.1 Å². The third kappa shape index (κ3) is 3.34. The lowest BCUT2D eigenvalue weighted by atomic mass is 10.1. The fourth-order valence-corrected chi connectivity index (χ4v) is 6.27. The molecule has 5 rings (SSSR count). The van der Waals surface area contributed by atoms with Gasteiger partial charge < -0.3 is 4.57 Å². The molecular weight excluding hydrogens is 396 g/mol. The van der Waals surface area contributed by atoms with Gasteiger partial charge in [-0.15, -0.1) is 0 Å². The van der Waals surface area contributed by atoms with Crippen molar-refractivity contribution < 1.29 is 8.42 Å². The first kappa shape index (κ1) is 19.1. The predicted molar refractivity (Wildman–Crippen MR) is 117 cm³/mol. The maximum atomic E-state index is 13.1. The van der Waals surface area contributed by atoms with Crippen LogP contribution in [0, 0.1) is 5.92 Å². The monoisotopic (exact) mass is 420 g/mol. The van der Waals surface area contributed by atoms with Gasteiger partial charge in [0.2, 0.25) is 10.0 Å². The van der Waals surface area contributed by atoms with Crippen molar-refractivity contribution in [3.05, 3.63) is 73.2 Å². The Morgan fingerprint density at radius 1 is 1.10 bits per heavy atom. The Hall–Kier alpha value is -2.90. The molecule has 154 valence electrons. The second kappa shape index (κ2) is 7.41. The van der Waals surface area contributed by atoms with Crippen LogP contribution in [0.4, 0.5) is 0 Å². The van der Waals surface area contributed by atoms with Gasteiger partial charge in [-0.25, -0.2) is 8.42 Å². The molecule has 2 aromatic carbocycles. The molecule has 0 radical (unpaired) electrons. The number of hydrogen-bond acceptors (Lipinski definition) is 3. The van der Waals surface area contributed by atoms with Crippen LogP contribution in [0.25, 0.3) is 22.0 Å². The molecule has 0 spiro atoms. The topological polar surface area (TPSA) is 71.0 Å². The van der Waals surface area contributed by atoms with E-state index >= 15 is 0 Å². The number of aromatic amines is 1. The summed E-state index contributed by atoms with van der Waals surface area (Å²) in [6.07, 6.45) is 6.67. The summed E-state index contributed by atoms with van der Waals surface area (Å²) in [5.41, 5.74) is 3.36. The number of aromatic nitrogens is 3. The van der Waals surface area contributed by atoms with Crippen LogP contribution >= 0.6 is 0 Å². The lowest BCUT2D eigenvalue weighted by Gasteiger charge is -2.21. The van der Waals surface area contributed by atoms with Crippen LogP contribution in [-0.4, -0.2) is 40.1 Å². The molecule has 0 aliphatic carbocycles. The van der Waals surface area contributed by atoms with Gasteiger partial charge >= 0.3 is 0 Å². The minimum atomic E-state index is -3.46. The third-order valence-electron chi connectivity index (χ3n) is 6.01. The van der Waals surface area contributed by atoms with Gasteiger partial charge in [-0.1, -0.05) is 24.3 Å². The highest BCUT2D eigenvalue weighted by atomic mass is 32.2. The molecule has 1 aliphatic rings. The fraction of sp³-hybridized carbons (Fsp3) is 0.261. The quantitative estimate of drug-likeness (QED) is 0.528. The number of fused-ring (bicyclic) bond motifs is 1. The molecule has 30 heavy (non-hydrogen) atoms. The number of sulfonamides is 1. The maximum Gasteiger partial charge on any atom is 0.243 e. The molecule has 0 amide bonds. The molecule has 2 aromatic heterocycles. The number of hydrogen-bond donors (Lipinski definition) is 1. The van der Waals surface area contributed by atoms with Gasteiger partial charge in [0.15, 0.2) is 0 Å². The van der Waals surface area contributed by atoms with E-state index in [9.17, 15) is 8.42 Å². The van der Waals surface area contributed by atoms with E-state index in [1.165, 1.54) is 10.9 Å². The van der Waals surface area contributed by atoms with Gasteiger partial charge in [-0.05, 0) is 55.2 Å². The SMILES string of the molecule is C[C@H]1C[C@H](Cn2ccc3cc(-c4cn[nH]c4)ccc32)CN1S(=O)(=O)c1ccccc1. The second-order valence-corrected chi connectivity index (χ2v) is 9.96. The molecule has 1 aliphatic heterocycles. The molecule has 0 bridgehead atoms. The molecule has 2 atom stereocenters. The highest BCUT2D eigenvalue weighted by molar-refractivity contribution is 7.89. The fourth-order valence-electron chi connectivity index (χ4n) is 4.53. The number of nitrogens with zero attached hydrogens (tertiary/aromatic N) is 3. The first-order chi connectivity index (χ1) is 14.5. The zero-order valence-corrected chi connectivity index (χ0v) is 17.6. The largest absolute Gasteiger partial charge is 0.347 e. The number of rotatable bonds is 5.